The highest BCUT2D eigenvalue weighted by atomic mass is 127. The fourth-order valence-electron chi connectivity index (χ4n) is 3.97. The number of hydrogen-bond acceptors (Lipinski definition) is 6. The highest BCUT2D eigenvalue weighted by Gasteiger charge is 2.28. The summed E-state index contributed by atoms with van der Waals surface area (Å²) in [6.45, 7) is 3.38. The molecule has 0 spiro atoms. The zero-order valence-electron chi connectivity index (χ0n) is 17.9. The predicted octanol–water partition coefficient (Wildman–Crippen LogP) is 1.50. The zero-order valence-corrected chi connectivity index (χ0v) is 21.0. The Labute approximate surface area is 196 Å². The number of nitrogens with zero attached hydrogens (tertiary/aromatic N) is 2. The maximum absolute atomic E-state index is 11.6. The Hall–Kier alpha value is -1.27. The number of halogens is 1. The fraction of sp³-hybridized carbons (Fsp3) is 0.650. The van der Waals surface area contributed by atoms with E-state index in [2.05, 4.69) is 20.5 Å². The summed E-state index contributed by atoms with van der Waals surface area (Å²) in [6.07, 6.45) is 1.76. The first-order valence-electron chi connectivity index (χ1n) is 10.0. The molecule has 2 aliphatic heterocycles. The highest BCUT2D eigenvalue weighted by Crippen LogP contribution is 2.24. The van der Waals surface area contributed by atoms with Crippen LogP contribution in [-0.2, 0) is 16.4 Å². The number of nitrogens with one attached hydrogen (secondary N) is 2. The Morgan fingerprint density at radius 3 is 2.47 bits per heavy atom. The topological polar surface area (TPSA) is 92.3 Å². The van der Waals surface area contributed by atoms with Crippen molar-refractivity contribution >= 4 is 39.8 Å². The lowest BCUT2D eigenvalue weighted by Gasteiger charge is -2.20. The molecule has 10 heteroatoms. The summed E-state index contributed by atoms with van der Waals surface area (Å²) in [5.41, 5.74) is 1.16. The normalized spacial score (nSPS) is 23.6. The summed E-state index contributed by atoms with van der Waals surface area (Å²) in [5, 5.41) is 6.76. The van der Waals surface area contributed by atoms with Crippen molar-refractivity contribution in [2.45, 2.75) is 25.4 Å². The quantitative estimate of drug-likeness (QED) is 0.301. The SMILES string of the molecule is CN=C(NCC1CCS(=O)(=O)C1)NC1CCN(Cc2cc(OC)cc(OC)c2)C1.I. The van der Waals surface area contributed by atoms with Crippen LogP contribution in [0, 0.1) is 5.92 Å². The summed E-state index contributed by atoms with van der Waals surface area (Å²) in [7, 11) is 2.22. The average molecular weight is 552 g/mol. The van der Waals surface area contributed by atoms with Crippen LogP contribution in [0.4, 0.5) is 0 Å². The maximum Gasteiger partial charge on any atom is 0.191 e. The van der Waals surface area contributed by atoms with E-state index in [1.807, 2.05) is 18.2 Å². The van der Waals surface area contributed by atoms with Gasteiger partial charge in [-0.05, 0) is 36.5 Å². The van der Waals surface area contributed by atoms with Crippen LogP contribution < -0.4 is 20.1 Å². The van der Waals surface area contributed by atoms with Gasteiger partial charge in [0.25, 0.3) is 0 Å². The van der Waals surface area contributed by atoms with Crippen LogP contribution in [-0.4, -0.2) is 77.7 Å². The van der Waals surface area contributed by atoms with E-state index in [-0.39, 0.29) is 35.6 Å². The Balaban J connectivity index is 0.00000320. The first-order valence-corrected chi connectivity index (χ1v) is 11.8. The molecule has 2 atom stereocenters. The Morgan fingerprint density at radius 1 is 1.20 bits per heavy atom. The van der Waals surface area contributed by atoms with E-state index in [9.17, 15) is 8.42 Å². The number of methoxy groups -OCH3 is 2. The van der Waals surface area contributed by atoms with Crippen molar-refractivity contribution in [3.05, 3.63) is 23.8 Å². The van der Waals surface area contributed by atoms with Crippen LogP contribution in [0.5, 0.6) is 11.5 Å². The molecule has 0 bridgehead atoms. The van der Waals surface area contributed by atoms with Gasteiger partial charge >= 0.3 is 0 Å². The zero-order chi connectivity index (χ0) is 20.9. The lowest BCUT2D eigenvalue weighted by atomic mass is 10.1. The van der Waals surface area contributed by atoms with E-state index in [0.717, 1.165) is 55.5 Å². The largest absolute Gasteiger partial charge is 0.497 e. The minimum Gasteiger partial charge on any atom is -0.497 e. The molecule has 0 radical (unpaired) electrons. The second-order valence-corrected chi connectivity index (χ2v) is 10.0. The molecule has 8 nitrogen and oxygen atoms in total. The molecule has 30 heavy (non-hydrogen) atoms. The smallest absolute Gasteiger partial charge is 0.191 e. The van der Waals surface area contributed by atoms with E-state index in [0.29, 0.717) is 18.3 Å². The summed E-state index contributed by atoms with van der Waals surface area (Å²) in [5.74, 6) is 3.08. The fourth-order valence-corrected chi connectivity index (χ4v) is 5.83. The standard InChI is InChI=1S/C20H32N4O4S.HI/c1-21-20(22-11-15-5-7-29(25,26)14-15)23-17-4-6-24(13-17)12-16-8-18(27-2)10-19(9-16)28-3;/h8-10,15,17H,4-7,11-14H2,1-3H3,(H2,21,22,23);1H. The van der Waals surface area contributed by atoms with Gasteiger partial charge in [-0.15, -0.1) is 24.0 Å². The van der Waals surface area contributed by atoms with Gasteiger partial charge in [-0.3, -0.25) is 9.89 Å². The molecule has 0 aliphatic carbocycles. The van der Waals surface area contributed by atoms with Crippen molar-refractivity contribution in [1.29, 1.82) is 0 Å². The van der Waals surface area contributed by atoms with E-state index in [4.69, 9.17) is 9.47 Å². The first-order chi connectivity index (χ1) is 13.9. The van der Waals surface area contributed by atoms with Gasteiger partial charge < -0.3 is 20.1 Å². The molecule has 1 aromatic rings. The molecule has 2 saturated heterocycles. The van der Waals surface area contributed by atoms with Crippen LogP contribution in [0.1, 0.15) is 18.4 Å². The maximum atomic E-state index is 11.6. The minimum atomic E-state index is -2.84. The molecule has 2 heterocycles. The Kier molecular flexibility index (Phi) is 9.48. The van der Waals surface area contributed by atoms with E-state index in [1.54, 1.807) is 21.3 Å². The van der Waals surface area contributed by atoms with Gasteiger partial charge in [-0.2, -0.15) is 0 Å². The summed E-state index contributed by atoms with van der Waals surface area (Å²) in [6, 6.07) is 6.27. The van der Waals surface area contributed by atoms with Gasteiger partial charge in [0, 0.05) is 45.3 Å². The molecule has 0 amide bonds. The summed E-state index contributed by atoms with van der Waals surface area (Å²) >= 11 is 0. The van der Waals surface area contributed by atoms with Gasteiger partial charge in [-0.25, -0.2) is 8.42 Å². The van der Waals surface area contributed by atoms with Crippen molar-refractivity contribution in [2.75, 3.05) is 52.4 Å². The number of hydrogen-bond donors (Lipinski definition) is 2. The number of rotatable bonds is 7. The second kappa shape index (κ2) is 11.4. The van der Waals surface area contributed by atoms with Gasteiger partial charge in [-0.1, -0.05) is 0 Å². The predicted molar refractivity (Wildman–Crippen MR) is 130 cm³/mol. The molecule has 2 aliphatic rings. The van der Waals surface area contributed by atoms with Crippen LogP contribution in [0.2, 0.25) is 0 Å². The molecule has 170 valence electrons. The van der Waals surface area contributed by atoms with E-state index < -0.39 is 9.84 Å². The van der Waals surface area contributed by atoms with Crippen molar-refractivity contribution in [2.24, 2.45) is 10.9 Å². The highest BCUT2D eigenvalue weighted by molar-refractivity contribution is 14.0. The van der Waals surface area contributed by atoms with Crippen molar-refractivity contribution < 1.29 is 17.9 Å². The average Bonchev–Trinajstić information content (AvgIpc) is 3.29. The van der Waals surface area contributed by atoms with Crippen LogP contribution >= 0.6 is 24.0 Å². The molecule has 0 aromatic heterocycles. The Bertz CT molecular complexity index is 812. The number of benzene rings is 1. The van der Waals surface area contributed by atoms with Crippen LogP contribution in [0.3, 0.4) is 0 Å². The summed E-state index contributed by atoms with van der Waals surface area (Å²) < 4.78 is 33.9. The monoisotopic (exact) mass is 552 g/mol. The van der Waals surface area contributed by atoms with Crippen molar-refractivity contribution in [3.63, 3.8) is 0 Å². The number of aliphatic imine (C=N–C) groups is 1. The minimum absolute atomic E-state index is 0. The van der Waals surface area contributed by atoms with Gasteiger partial charge in [0.1, 0.15) is 11.5 Å². The van der Waals surface area contributed by atoms with Crippen LogP contribution in [0.15, 0.2) is 23.2 Å². The molecule has 1 aromatic carbocycles. The van der Waals surface area contributed by atoms with Gasteiger partial charge in [0.2, 0.25) is 0 Å². The molecule has 2 N–H and O–H groups in total. The lowest BCUT2D eigenvalue weighted by molar-refractivity contribution is 0.321. The molecular weight excluding hydrogens is 519 g/mol. The van der Waals surface area contributed by atoms with E-state index in [1.165, 1.54) is 0 Å². The molecule has 2 fully saturated rings. The number of guanidine groups is 1. The second-order valence-electron chi connectivity index (χ2n) is 7.81. The van der Waals surface area contributed by atoms with Gasteiger partial charge in [0.05, 0.1) is 25.7 Å². The molecule has 3 rings (SSSR count). The number of sulfone groups is 1. The van der Waals surface area contributed by atoms with Crippen molar-refractivity contribution in [1.82, 2.24) is 15.5 Å². The molecular formula is C20H33IN4O4S. The molecule has 2 unspecified atom stereocenters. The third-order valence-electron chi connectivity index (χ3n) is 5.54. The third-order valence-corrected chi connectivity index (χ3v) is 7.38. The summed E-state index contributed by atoms with van der Waals surface area (Å²) in [4.78, 5) is 6.69. The van der Waals surface area contributed by atoms with Crippen molar-refractivity contribution in [3.8, 4) is 11.5 Å². The third kappa shape index (κ3) is 7.16. The first kappa shape index (κ1) is 25.0. The van der Waals surface area contributed by atoms with E-state index >= 15 is 0 Å². The van der Waals surface area contributed by atoms with Gasteiger partial charge in [0.15, 0.2) is 15.8 Å². The number of likely N-dealkylation sites (tertiary alicyclic amines) is 1. The molecule has 0 saturated carbocycles. The number of ether oxygens (including phenoxy) is 2. The Morgan fingerprint density at radius 2 is 1.90 bits per heavy atom. The van der Waals surface area contributed by atoms with Crippen LogP contribution in [0.25, 0.3) is 0 Å². The lowest BCUT2D eigenvalue weighted by Crippen LogP contribution is -2.46.